The van der Waals surface area contributed by atoms with Gasteiger partial charge in [0, 0.05) is 17.9 Å². The molecule has 142 valence electrons. The third kappa shape index (κ3) is 5.51. The molecule has 27 heavy (non-hydrogen) atoms. The van der Waals surface area contributed by atoms with Gasteiger partial charge in [0.1, 0.15) is 0 Å². The number of benzene rings is 2. The highest BCUT2D eigenvalue weighted by Gasteiger charge is 2.39. The molecule has 0 fully saturated rings. The van der Waals surface area contributed by atoms with Gasteiger partial charge in [0.05, 0.1) is 13.2 Å². The Hall–Kier alpha value is -2.95. The highest BCUT2D eigenvalue weighted by molar-refractivity contribution is 6.00. The first kappa shape index (κ1) is 20.4. The van der Waals surface area contributed by atoms with Crippen LogP contribution in [-0.4, -0.2) is 30.9 Å². The van der Waals surface area contributed by atoms with E-state index in [9.17, 15) is 14.4 Å². The van der Waals surface area contributed by atoms with Crippen molar-refractivity contribution in [1.29, 1.82) is 0 Å². The minimum absolute atomic E-state index is 0.00365. The minimum Gasteiger partial charge on any atom is -0.465 e. The first-order valence-electron chi connectivity index (χ1n) is 9.04. The second-order valence-electron chi connectivity index (χ2n) is 5.99. The van der Waals surface area contributed by atoms with Gasteiger partial charge in [0.25, 0.3) is 0 Å². The maximum absolute atomic E-state index is 12.8. The Labute approximate surface area is 159 Å². The Morgan fingerprint density at radius 2 is 1.26 bits per heavy atom. The number of rotatable bonds is 9. The summed E-state index contributed by atoms with van der Waals surface area (Å²) in [7, 11) is 0. The van der Waals surface area contributed by atoms with Crippen molar-refractivity contribution in [3.8, 4) is 0 Å². The van der Waals surface area contributed by atoms with Gasteiger partial charge >= 0.3 is 11.9 Å². The summed E-state index contributed by atoms with van der Waals surface area (Å²) >= 11 is 0. The summed E-state index contributed by atoms with van der Waals surface area (Å²) in [5.74, 6) is -3.36. The van der Waals surface area contributed by atoms with Crippen molar-refractivity contribution in [1.82, 2.24) is 0 Å². The number of Topliss-reactive ketones (excluding diaryl/α,β-unsaturated/α-hetero) is 1. The molecule has 0 aromatic heterocycles. The van der Waals surface area contributed by atoms with E-state index in [-0.39, 0.29) is 25.4 Å². The van der Waals surface area contributed by atoms with Gasteiger partial charge in [-0.1, -0.05) is 60.7 Å². The van der Waals surface area contributed by atoms with Crippen LogP contribution in [0.2, 0.25) is 0 Å². The summed E-state index contributed by atoms with van der Waals surface area (Å²) in [4.78, 5) is 37.9. The van der Waals surface area contributed by atoms with Crippen LogP contribution in [0.1, 0.15) is 42.1 Å². The summed E-state index contributed by atoms with van der Waals surface area (Å²) in [6, 6.07) is 17.9. The monoisotopic (exact) mass is 368 g/mol. The average Bonchev–Trinajstić information content (AvgIpc) is 2.69. The highest BCUT2D eigenvalue weighted by atomic mass is 16.6. The molecule has 0 unspecified atom stereocenters. The molecule has 1 atom stereocenters. The lowest BCUT2D eigenvalue weighted by atomic mass is 9.81. The molecule has 5 heteroatoms. The normalized spacial score (nSPS) is 11.7. The zero-order chi connectivity index (χ0) is 19.6. The van der Waals surface area contributed by atoms with Gasteiger partial charge in [-0.05, 0) is 19.4 Å². The molecule has 0 aliphatic rings. The molecule has 5 nitrogen and oxygen atoms in total. The van der Waals surface area contributed by atoms with Crippen molar-refractivity contribution >= 4 is 17.7 Å². The zero-order valence-electron chi connectivity index (χ0n) is 15.6. The molecule has 0 saturated carbocycles. The molecule has 0 amide bonds. The van der Waals surface area contributed by atoms with E-state index in [0.29, 0.717) is 11.1 Å². The highest BCUT2D eigenvalue weighted by Crippen LogP contribution is 2.32. The predicted molar refractivity (Wildman–Crippen MR) is 101 cm³/mol. The number of hydrogen-bond donors (Lipinski definition) is 0. The third-order valence-corrected chi connectivity index (χ3v) is 4.21. The molecule has 0 bridgehead atoms. The molecule has 0 aliphatic heterocycles. The summed E-state index contributed by atoms with van der Waals surface area (Å²) < 4.78 is 10.2. The van der Waals surface area contributed by atoms with E-state index in [1.807, 2.05) is 24.3 Å². The molecule has 0 N–H and O–H groups in total. The first-order valence-corrected chi connectivity index (χ1v) is 9.04. The molecule has 0 heterocycles. The van der Waals surface area contributed by atoms with Crippen molar-refractivity contribution in [2.24, 2.45) is 5.92 Å². The van der Waals surface area contributed by atoms with Crippen LogP contribution in [0.15, 0.2) is 60.7 Å². The lowest BCUT2D eigenvalue weighted by Crippen LogP contribution is -2.34. The van der Waals surface area contributed by atoms with Gasteiger partial charge in [0.2, 0.25) is 0 Å². The lowest BCUT2D eigenvalue weighted by Gasteiger charge is -2.24. The van der Waals surface area contributed by atoms with Crippen molar-refractivity contribution < 1.29 is 23.9 Å². The summed E-state index contributed by atoms with van der Waals surface area (Å²) in [6.45, 7) is 3.63. The molecule has 2 aromatic rings. The fourth-order valence-corrected chi connectivity index (χ4v) is 2.96. The molecular weight excluding hydrogens is 344 g/mol. The number of carbonyl (C=O) groups excluding carboxylic acids is 3. The Morgan fingerprint density at radius 3 is 1.74 bits per heavy atom. The fraction of sp³-hybridized carbons (Fsp3) is 0.318. The van der Waals surface area contributed by atoms with E-state index >= 15 is 0 Å². The van der Waals surface area contributed by atoms with Gasteiger partial charge in [-0.25, -0.2) is 0 Å². The van der Waals surface area contributed by atoms with Crippen LogP contribution in [0.3, 0.4) is 0 Å². The Bertz CT molecular complexity index is 737. The van der Waals surface area contributed by atoms with Gasteiger partial charge in [0.15, 0.2) is 11.7 Å². The van der Waals surface area contributed by atoms with Crippen LogP contribution in [0.5, 0.6) is 0 Å². The molecule has 0 radical (unpaired) electrons. The van der Waals surface area contributed by atoms with Gasteiger partial charge in [-0.15, -0.1) is 0 Å². The predicted octanol–water partition coefficient (Wildman–Crippen LogP) is 3.79. The van der Waals surface area contributed by atoms with Crippen molar-refractivity contribution in [2.75, 3.05) is 13.2 Å². The van der Waals surface area contributed by atoms with E-state index in [2.05, 4.69) is 0 Å². The van der Waals surface area contributed by atoms with Crippen LogP contribution in [0, 0.1) is 5.92 Å². The minimum atomic E-state index is -1.19. The summed E-state index contributed by atoms with van der Waals surface area (Å²) in [5, 5.41) is 0. The molecule has 0 saturated heterocycles. The maximum Gasteiger partial charge on any atom is 0.320 e. The summed E-state index contributed by atoms with van der Waals surface area (Å²) in [6.07, 6.45) is -0.00365. The molecule has 2 rings (SSSR count). The Balaban J connectivity index is 2.40. The van der Waals surface area contributed by atoms with Crippen LogP contribution >= 0.6 is 0 Å². The second-order valence-corrected chi connectivity index (χ2v) is 5.99. The Kier molecular flexibility index (Phi) is 7.74. The van der Waals surface area contributed by atoms with Crippen molar-refractivity contribution in [3.63, 3.8) is 0 Å². The van der Waals surface area contributed by atoms with Crippen LogP contribution in [0.25, 0.3) is 0 Å². The molecule has 0 aliphatic carbocycles. The smallest absolute Gasteiger partial charge is 0.320 e. The van der Waals surface area contributed by atoms with Crippen molar-refractivity contribution in [3.05, 3.63) is 71.8 Å². The number of hydrogen-bond acceptors (Lipinski definition) is 5. The van der Waals surface area contributed by atoms with E-state index in [1.165, 1.54) is 0 Å². The SMILES string of the molecule is CCOC(=O)C(C(=O)OCC)[C@H](CC(=O)c1ccccc1)c1ccccc1. The van der Waals surface area contributed by atoms with Crippen LogP contribution in [0.4, 0.5) is 0 Å². The van der Waals surface area contributed by atoms with Crippen LogP contribution < -0.4 is 0 Å². The number of ether oxygens (including phenoxy) is 2. The van der Waals surface area contributed by atoms with Crippen molar-refractivity contribution in [2.45, 2.75) is 26.2 Å². The number of esters is 2. The van der Waals surface area contributed by atoms with Gasteiger partial charge < -0.3 is 9.47 Å². The molecular formula is C22H24O5. The topological polar surface area (TPSA) is 69.7 Å². The van der Waals surface area contributed by atoms with Gasteiger partial charge in [-0.2, -0.15) is 0 Å². The summed E-state index contributed by atoms with van der Waals surface area (Å²) in [5.41, 5.74) is 1.25. The number of carbonyl (C=O) groups is 3. The lowest BCUT2D eigenvalue weighted by molar-refractivity contribution is -0.162. The average molecular weight is 368 g/mol. The zero-order valence-corrected chi connectivity index (χ0v) is 15.6. The maximum atomic E-state index is 12.8. The standard InChI is InChI=1S/C22H24O5/c1-3-26-21(24)20(22(25)27-4-2)18(16-11-7-5-8-12-16)15-19(23)17-13-9-6-10-14-17/h5-14,18,20H,3-4,15H2,1-2H3/t18-/m1/s1. The first-order chi connectivity index (χ1) is 13.1. The van der Waals surface area contributed by atoms with E-state index in [1.54, 1.807) is 50.2 Å². The van der Waals surface area contributed by atoms with E-state index in [0.717, 1.165) is 0 Å². The third-order valence-electron chi connectivity index (χ3n) is 4.21. The second kappa shape index (κ2) is 10.3. The quantitative estimate of drug-likeness (QED) is 0.383. The van der Waals surface area contributed by atoms with E-state index < -0.39 is 23.8 Å². The largest absolute Gasteiger partial charge is 0.465 e. The Morgan fingerprint density at radius 1 is 0.778 bits per heavy atom. The molecule has 0 spiro atoms. The fourth-order valence-electron chi connectivity index (χ4n) is 2.96. The van der Waals surface area contributed by atoms with E-state index in [4.69, 9.17) is 9.47 Å². The number of ketones is 1. The van der Waals surface area contributed by atoms with Crippen LogP contribution in [-0.2, 0) is 19.1 Å². The van der Waals surface area contributed by atoms with Gasteiger partial charge in [-0.3, -0.25) is 14.4 Å². The molecule has 2 aromatic carbocycles.